The summed E-state index contributed by atoms with van der Waals surface area (Å²) in [6.45, 7) is 6.67. The first-order chi connectivity index (χ1) is 18.3. The average Bonchev–Trinajstić information content (AvgIpc) is 2.91. The average molecular weight is 507 g/mol. The van der Waals surface area contributed by atoms with Crippen molar-refractivity contribution in [1.82, 2.24) is 4.98 Å². The number of hydrogen-bond acceptors (Lipinski definition) is 4. The highest BCUT2D eigenvalue weighted by molar-refractivity contribution is 6.14. The molecule has 5 nitrogen and oxygen atoms in total. The molecule has 38 heavy (non-hydrogen) atoms. The van der Waals surface area contributed by atoms with Crippen molar-refractivity contribution in [2.75, 3.05) is 19.5 Å². The molecule has 5 heteroatoms. The van der Waals surface area contributed by atoms with Gasteiger partial charge in [-0.05, 0) is 59.1 Å². The van der Waals surface area contributed by atoms with Gasteiger partial charge in [-0.1, -0.05) is 63.2 Å². The molecule has 0 radical (unpaired) electrons. The number of anilines is 1. The Morgan fingerprint density at radius 3 is 2.26 bits per heavy atom. The molecule has 0 spiro atoms. The molecule has 5 rings (SSSR count). The van der Waals surface area contributed by atoms with Crippen molar-refractivity contribution in [3.63, 3.8) is 0 Å². The lowest BCUT2D eigenvalue weighted by atomic mass is 9.84. The van der Waals surface area contributed by atoms with Gasteiger partial charge in [0.2, 0.25) is 0 Å². The maximum Gasteiger partial charge on any atom is 0.256 e. The van der Waals surface area contributed by atoms with Crippen LogP contribution in [0.15, 0.2) is 66.7 Å². The fraction of sp³-hybridized carbons (Fsp3) is 0.273. The van der Waals surface area contributed by atoms with E-state index < -0.39 is 0 Å². The van der Waals surface area contributed by atoms with Crippen molar-refractivity contribution in [2.24, 2.45) is 0 Å². The summed E-state index contributed by atoms with van der Waals surface area (Å²) in [4.78, 5) is 18.9. The number of para-hydroxylation sites is 1. The van der Waals surface area contributed by atoms with Crippen molar-refractivity contribution in [1.29, 1.82) is 0 Å². The first kappa shape index (κ1) is 25.5. The van der Waals surface area contributed by atoms with Crippen molar-refractivity contribution in [3.05, 3.63) is 94.7 Å². The largest absolute Gasteiger partial charge is 0.497 e. The van der Waals surface area contributed by atoms with Crippen LogP contribution in [0, 0.1) is 0 Å². The maximum atomic E-state index is 13.9. The normalized spacial score (nSPS) is 14.3. The molecule has 0 atom stereocenters. The van der Waals surface area contributed by atoms with Crippen LogP contribution < -0.4 is 14.8 Å². The number of carbonyl (C=O) groups excluding carboxylic acids is 1. The van der Waals surface area contributed by atoms with E-state index in [1.165, 1.54) is 5.56 Å². The van der Waals surface area contributed by atoms with Gasteiger partial charge in [-0.3, -0.25) is 4.79 Å². The number of allylic oxidation sites excluding steroid dienone is 1. The zero-order valence-electron chi connectivity index (χ0n) is 22.7. The molecule has 0 saturated heterocycles. The second kappa shape index (κ2) is 10.3. The second-order valence-corrected chi connectivity index (χ2v) is 10.8. The van der Waals surface area contributed by atoms with Crippen molar-refractivity contribution in [3.8, 4) is 11.5 Å². The summed E-state index contributed by atoms with van der Waals surface area (Å²) < 4.78 is 10.8. The standard InChI is InChI=1S/C33H34N2O3/c1-33(2,3)23-15-13-21(14-16-23)17-22-9-8-11-28-30(27-10-6-7-12-29(27)35-31(22)28)32(36)34-24-18-25(37-4)20-26(19-24)38-5/h6-7,10,12-20H,8-9,11H2,1-5H3,(H,34,36)/b22-17+. The van der Waals surface area contributed by atoms with Crippen LogP contribution in [0.3, 0.4) is 0 Å². The van der Waals surface area contributed by atoms with Crippen LogP contribution in [0.2, 0.25) is 0 Å². The summed E-state index contributed by atoms with van der Waals surface area (Å²) in [7, 11) is 3.19. The van der Waals surface area contributed by atoms with E-state index in [0.717, 1.165) is 52.6 Å². The minimum absolute atomic E-state index is 0.110. The van der Waals surface area contributed by atoms with Crippen molar-refractivity contribution >= 4 is 34.1 Å². The molecule has 1 N–H and O–H groups in total. The van der Waals surface area contributed by atoms with Crippen LogP contribution in [0.1, 0.15) is 66.4 Å². The molecule has 0 fully saturated rings. The Kier molecular flexibility index (Phi) is 6.94. The van der Waals surface area contributed by atoms with Gasteiger partial charge in [0.25, 0.3) is 5.91 Å². The molecule has 1 aliphatic rings. The SMILES string of the molecule is COc1cc(NC(=O)c2c3c(nc4ccccc24)/C(=C/c2ccc(C(C)(C)C)cc2)CCC3)cc(OC)c1. The number of ether oxygens (including phenoxy) is 2. The zero-order chi connectivity index (χ0) is 26.9. The molecule has 1 aromatic heterocycles. The quantitative estimate of drug-likeness (QED) is 0.302. The molecule has 3 aromatic carbocycles. The van der Waals surface area contributed by atoms with E-state index in [1.54, 1.807) is 32.4 Å². The Bertz CT molecular complexity index is 1510. The van der Waals surface area contributed by atoms with Crippen LogP contribution >= 0.6 is 0 Å². The number of carbonyl (C=O) groups is 1. The molecule has 194 valence electrons. The highest BCUT2D eigenvalue weighted by Gasteiger charge is 2.25. The second-order valence-electron chi connectivity index (χ2n) is 10.8. The van der Waals surface area contributed by atoms with Gasteiger partial charge in [-0.25, -0.2) is 4.98 Å². The first-order valence-electron chi connectivity index (χ1n) is 13.0. The number of nitrogens with zero attached hydrogens (tertiary/aromatic N) is 1. The van der Waals surface area contributed by atoms with E-state index >= 15 is 0 Å². The van der Waals surface area contributed by atoms with Gasteiger partial charge in [0.1, 0.15) is 11.5 Å². The Hall–Kier alpha value is -4.12. The third-order valence-corrected chi connectivity index (χ3v) is 7.12. The zero-order valence-corrected chi connectivity index (χ0v) is 22.7. The number of amides is 1. The van der Waals surface area contributed by atoms with Crippen LogP contribution in [0.5, 0.6) is 11.5 Å². The van der Waals surface area contributed by atoms with E-state index in [9.17, 15) is 4.79 Å². The predicted molar refractivity (Wildman–Crippen MR) is 155 cm³/mol. The van der Waals surface area contributed by atoms with Gasteiger partial charge in [0, 0.05) is 29.3 Å². The third-order valence-electron chi connectivity index (χ3n) is 7.12. The van der Waals surface area contributed by atoms with E-state index in [1.807, 2.05) is 24.3 Å². The highest BCUT2D eigenvalue weighted by Crippen LogP contribution is 2.37. The number of rotatable bonds is 5. The Labute approximate surface area is 224 Å². The van der Waals surface area contributed by atoms with Gasteiger partial charge in [-0.15, -0.1) is 0 Å². The number of nitrogens with one attached hydrogen (secondary N) is 1. The van der Waals surface area contributed by atoms with Gasteiger partial charge in [-0.2, -0.15) is 0 Å². The highest BCUT2D eigenvalue weighted by atomic mass is 16.5. The van der Waals surface area contributed by atoms with Crippen LogP contribution in [0.25, 0.3) is 22.6 Å². The Morgan fingerprint density at radius 1 is 0.921 bits per heavy atom. The summed E-state index contributed by atoms with van der Waals surface area (Å²) in [6.07, 6.45) is 4.91. The molecule has 0 aliphatic heterocycles. The summed E-state index contributed by atoms with van der Waals surface area (Å²) in [5, 5.41) is 3.94. The minimum atomic E-state index is -0.161. The molecular formula is C33H34N2O3. The van der Waals surface area contributed by atoms with Crippen LogP contribution in [0.4, 0.5) is 5.69 Å². The van der Waals surface area contributed by atoms with Gasteiger partial charge in [0.15, 0.2) is 0 Å². The van der Waals surface area contributed by atoms with E-state index in [0.29, 0.717) is 22.7 Å². The van der Waals surface area contributed by atoms with Crippen molar-refractivity contribution in [2.45, 2.75) is 45.4 Å². The molecular weight excluding hydrogens is 472 g/mol. The summed E-state index contributed by atoms with van der Waals surface area (Å²) in [6, 6.07) is 22.0. The maximum absolute atomic E-state index is 13.9. The van der Waals surface area contributed by atoms with Crippen LogP contribution in [-0.4, -0.2) is 25.1 Å². The Morgan fingerprint density at radius 2 is 1.61 bits per heavy atom. The minimum Gasteiger partial charge on any atom is -0.497 e. The predicted octanol–water partition coefficient (Wildman–Crippen LogP) is 7.68. The number of aromatic nitrogens is 1. The number of hydrogen-bond donors (Lipinski definition) is 1. The van der Waals surface area contributed by atoms with E-state index in [-0.39, 0.29) is 11.3 Å². The molecule has 4 aromatic rings. The number of methoxy groups -OCH3 is 2. The molecule has 0 unspecified atom stereocenters. The fourth-order valence-corrected chi connectivity index (χ4v) is 5.09. The molecule has 0 saturated carbocycles. The van der Waals surface area contributed by atoms with Crippen LogP contribution in [-0.2, 0) is 11.8 Å². The summed E-state index contributed by atoms with van der Waals surface area (Å²) in [5.74, 6) is 1.07. The lowest BCUT2D eigenvalue weighted by molar-refractivity contribution is 0.102. The van der Waals surface area contributed by atoms with Crippen molar-refractivity contribution < 1.29 is 14.3 Å². The van der Waals surface area contributed by atoms with Gasteiger partial charge < -0.3 is 14.8 Å². The smallest absolute Gasteiger partial charge is 0.256 e. The Balaban J connectivity index is 1.59. The third kappa shape index (κ3) is 5.14. The summed E-state index contributed by atoms with van der Waals surface area (Å²) >= 11 is 0. The van der Waals surface area contributed by atoms with Gasteiger partial charge in [0.05, 0.1) is 31.0 Å². The monoisotopic (exact) mass is 506 g/mol. The fourth-order valence-electron chi connectivity index (χ4n) is 5.09. The van der Waals surface area contributed by atoms with E-state index in [4.69, 9.17) is 14.5 Å². The number of fused-ring (bicyclic) bond motifs is 2. The lowest BCUT2D eigenvalue weighted by Gasteiger charge is -2.23. The molecule has 1 heterocycles. The van der Waals surface area contributed by atoms with E-state index in [2.05, 4.69) is 56.4 Å². The number of benzene rings is 3. The molecule has 0 bridgehead atoms. The topological polar surface area (TPSA) is 60.5 Å². The molecule has 1 amide bonds. The number of pyridine rings is 1. The molecule has 1 aliphatic carbocycles. The lowest BCUT2D eigenvalue weighted by Crippen LogP contribution is -2.19. The first-order valence-corrected chi connectivity index (χ1v) is 13.0. The summed E-state index contributed by atoms with van der Waals surface area (Å²) in [5.41, 5.74) is 7.76. The van der Waals surface area contributed by atoms with Gasteiger partial charge >= 0.3 is 0 Å².